The molecule has 2 heterocycles. The van der Waals surface area contributed by atoms with Crippen LogP contribution in [0.2, 0.25) is 0 Å². The van der Waals surface area contributed by atoms with Crippen LogP contribution in [0.5, 0.6) is 0 Å². The van der Waals surface area contributed by atoms with E-state index in [2.05, 4.69) is 27.6 Å². The van der Waals surface area contributed by atoms with E-state index in [1.54, 1.807) is 0 Å². The van der Waals surface area contributed by atoms with Crippen molar-refractivity contribution in [3.8, 4) is 0 Å². The summed E-state index contributed by atoms with van der Waals surface area (Å²) in [6.07, 6.45) is 2.38. The van der Waals surface area contributed by atoms with Gasteiger partial charge in [0.2, 0.25) is 11.0 Å². The highest BCUT2D eigenvalue weighted by molar-refractivity contribution is 7.15. The van der Waals surface area contributed by atoms with Gasteiger partial charge in [-0.05, 0) is 37.3 Å². The molecule has 0 atom stereocenters. The summed E-state index contributed by atoms with van der Waals surface area (Å²) in [5, 5.41) is 13.9. The highest BCUT2D eigenvalue weighted by atomic mass is 32.1. The molecule has 22 heavy (non-hydrogen) atoms. The van der Waals surface area contributed by atoms with E-state index in [4.69, 9.17) is 0 Å². The maximum atomic E-state index is 12.3. The molecule has 2 aromatic heterocycles. The van der Waals surface area contributed by atoms with Gasteiger partial charge in [0.05, 0.1) is 0 Å². The zero-order valence-corrected chi connectivity index (χ0v) is 13.1. The topological polar surface area (TPSA) is 59.8 Å². The molecular formula is C16H16N4OS. The molecule has 0 radical (unpaired) electrons. The van der Waals surface area contributed by atoms with E-state index in [1.165, 1.54) is 24.2 Å². The largest absolute Gasteiger partial charge is 0.335 e. The highest BCUT2D eigenvalue weighted by Crippen LogP contribution is 2.42. The Balaban J connectivity index is 1.51. The normalized spacial score (nSPS) is 14.4. The number of fused-ring (bicyclic) bond motifs is 1. The molecule has 0 aliphatic heterocycles. The molecule has 0 saturated heterocycles. The molecule has 4 rings (SSSR count). The Morgan fingerprint density at radius 3 is 3.00 bits per heavy atom. The lowest BCUT2D eigenvalue weighted by Crippen LogP contribution is -2.19. The first kappa shape index (κ1) is 13.5. The van der Waals surface area contributed by atoms with Crippen molar-refractivity contribution in [3.63, 3.8) is 0 Å². The third-order valence-electron chi connectivity index (χ3n) is 3.93. The van der Waals surface area contributed by atoms with Crippen LogP contribution in [0.15, 0.2) is 30.3 Å². The minimum absolute atomic E-state index is 0.0667. The number of anilines is 1. The molecule has 1 amide bonds. The van der Waals surface area contributed by atoms with E-state index in [9.17, 15) is 4.79 Å². The number of aromatic nitrogens is 3. The minimum atomic E-state index is -0.0667. The predicted molar refractivity (Wildman–Crippen MR) is 87.2 cm³/mol. The van der Waals surface area contributed by atoms with Crippen LogP contribution in [0.4, 0.5) is 5.13 Å². The number of aryl methyl sites for hydroxylation is 1. The predicted octanol–water partition coefficient (Wildman–Crippen LogP) is 3.32. The summed E-state index contributed by atoms with van der Waals surface area (Å²) in [7, 11) is 0. The number of hydrogen-bond acceptors (Lipinski definition) is 4. The maximum absolute atomic E-state index is 12.3. The fraction of sp³-hybridized carbons (Fsp3) is 0.312. The van der Waals surface area contributed by atoms with Crippen molar-refractivity contribution in [2.45, 2.75) is 32.2 Å². The van der Waals surface area contributed by atoms with Gasteiger partial charge in [-0.2, -0.15) is 0 Å². The third kappa shape index (κ3) is 2.50. The van der Waals surface area contributed by atoms with Crippen molar-refractivity contribution in [3.05, 3.63) is 41.0 Å². The molecule has 5 nitrogen and oxygen atoms in total. The van der Waals surface area contributed by atoms with Crippen molar-refractivity contribution in [2.24, 2.45) is 0 Å². The second-order valence-corrected chi connectivity index (χ2v) is 6.71. The first-order chi connectivity index (χ1) is 10.7. The van der Waals surface area contributed by atoms with Crippen molar-refractivity contribution in [1.82, 2.24) is 14.8 Å². The number of benzene rings is 1. The Bertz CT molecular complexity index is 847. The fourth-order valence-electron chi connectivity index (χ4n) is 2.64. The van der Waals surface area contributed by atoms with Crippen LogP contribution in [0, 0.1) is 6.92 Å². The van der Waals surface area contributed by atoms with Crippen molar-refractivity contribution >= 4 is 33.3 Å². The molecular weight excluding hydrogens is 296 g/mol. The fourth-order valence-corrected chi connectivity index (χ4v) is 3.57. The van der Waals surface area contributed by atoms with Gasteiger partial charge in [0.25, 0.3) is 0 Å². The van der Waals surface area contributed by atoms with Gasteiger partial charge in [-0.15, -0.1) is 10.2 Å². The van der Waals surface area contributed by atoms with Gasteiger partial charge in [-0.25, -0.2) is 0 Å². The number of para-hydroxylation sites is 1. The second-order valence-electron chi connectivity index (χ2n) is 5.70. The summed E-state index contributed by atoms with van der Waals surface area (Å²) in [5.41, 5.74) is 2.15. The number of carbonyl (C=O) groups excluding carboxylic acids is 1. The molecule has 0 unspecified atom stereocenters. The monoisotopic (exact) mass is 312 g/mol. The van der Waals surface area contributed by atoms with Crippen LogP contribution in [-0.2, 0) is 11.3 Å². The summed E-state index contributed by atoms with van der Waals surface area (Å²) in [6, 6.07) is 10.2. The quantitative estimate of drug-likeness (QED) is 0.804. The Morgan fingerprint density at radius 1 is 1.36 bits per heavy atom. The third-order valence-corrected chi connectivity index (χ3v) is 4.93. The van der Waals surface area contributed by atoms with Crippen molar-refractivity contribution in [2.75, 3.05) is 5.32 Å². The first-order valence-corrected chi connectivity index (χ1v) is 8.20. The highest BCUT2D eigenvalue weighted by Gasteiger charge is 2.27. The van der Waals surface area contributed by atoms with E-state index in [0.29, 0.717) is 11.0 Å². The number of nitrogens with zero attached hydrogens (tertiary/aromatic N) is 3. The van der Waals surface area contributed by atoms with Crippen molar-refractivity contribution in [1.29, 1.82) is 0 Å². The van der Waals surface area contributed by atoms with Crippen LogP contribution in [-0.4, -0.2) is 20.7 Å². The molecule has 1 saturated carbocycles. The van der Waals surface area contributed by atoms with Gasteiger partial charge in [0.1, 0.15) is 11.6 Å². The van der Waals surface area contributed by atoms with Crippen molar-refractivity contribution < 1.29 is 4.79 Å². The molecule has 1 aromatic carbocycles. The molecule has 3 aromatic rings. The van der Waals surface area contributed by atoms with Gasteiger partial charge in [-0.3, -0.25) is 10.1 Å². The smallest absolute Gasteiger partial charge is 0.246 e. The van der Waals surface area contributed by atoms with Crippen LogP contribution < -0.4 is 5.32 Å². The minimum Gasteiger partial charge on any atom is -0.335 e. The number of rotatable bonds is 4. The lowest BCUT2D eigenvalue weighted by atomic mass is 10.2. The standard InChI is InChI=1S/C16H16N4OS/c1-10-8-12-4-2-3-5-13(12)20(10)9-14(21)17-16-19-18-15(22-16)11-6-7-11/h2-5,8,11H,6-7,9H2,1H3,(H,17,19,21). The zero-order valence-electron chi connectivity index (χ0n) is 12.2. The average Bonchev–Trinajstić information content (AvgIpc) is 3.18. The summed E-state index contributed by atoms with van der Waals surface area (Å²) in [6.45, 7) is 2.31. The van der Waals surface area contributed by atoms with Gasteiger partial charge in [-0.1, -0.05) is 29.5 Å². The Kier molecular flexibility index (Phi) is 3.18. The van der Waals surface area contributed by atoms with E-state index in [1.807, 2.05) is 29.7 Å². The Morgan fingerprint density at radius 2 is 2.18 bits per heavy atom. The lowest BCUT2D eigenvalue weighted by Gasteiger charge is -2.07. The molecule has 1 fully saturated rings. The Hall–Kier alpha value is -2.21. The summed E-state index contributed by atoms with van der Waals surface area (Å²) < 4.78 is 2.02. The molecule has 1 N–H and O–H groups in total. The van der Waals surface area contributed by atoms with Gasteiger partial charge >= 0.3 is 0 Å². The van der Waals surface area contributed by atoms with Crippen LogP contribution in [0.1, 0.15) is 29.5 Å². The first-order valence-electron chi connectivity index (χ1n) is 7.39. The van der Waals surface area contributed by atoms with Gasteiger partial charge in [0, 0.05) is 17.1 Å². The SMILES string of the molecule is Cc1cc2ccccc2n1CC(=O)Nc1nnc(C2CC2)s1. The van der Waals surface area contributed by atoms with Crippen LogP contribution >= 0.6 is 11.3 Å². The van der Waals surface area contributed by atoms with Crippen LogP contribution in [0.25, 0.3) is 10.9 Å². The molecule has 6 heteroatoms. The van der Waals surface area contributed by atoms with Gasteiger partial charge < -0.3 is 4.57 Å². The molecule has 112 valence electrons. The average molecular weight is 312 g/mol. The van der Waals surface area contributed by atoms with Gasteiger partial charge in [0.15, 0.2) is 0 Å². The van der Waals surface area contributed by atoms with E-state index < -0.39 is 0 Å². The summed E-state index contributed by atoms with van der Waals surface area (Å²) in [5.74, 6) is 0.502. The number of carbonyl (C=O) groups is 1. The Labute approximate surface area is 132 Å². The molecule has 1 aliphatic carbocycles. The van der Waals surface area contributed by atoms with E-state index in [-0.39, 0.29) is 12.5 Å². The number of nitrogens with one attached hydrogen (secondary N) is 1. The molecule has 0 spiro atoms. The summed E-state index contributed by atoms with van der Waals surface area (Å²) >= 11 is 1.49. The van der Waals surface area contributed by atoms with E-state index in [0.717, 1.165) is 21.6 Å². The lowest BCUT2D eigenvalue weighted by molar-refractivity contribution is -0.116. The maximum Gasteiger partial charge on any atom is 0.246 e. The molecule has 0 bridgehead atoms. The number of hydrogen-bond donors (Lipinski definition) is 1. The molecule has 1 aliphatic rings. The van der Waals surface area contributed by atoms with E-state index >= 15 is 0 Å². The summed E-state index contributed by atoms with van der Waals surface area (Å²) in [4.78, 5) is 12.3. The second kappa shape index (κ2) is 5.21. The van der Waals surface area contributed by atoms with Crippen LogP contribution in [0.3, 0.4) is 0 Å². The number of amides is 1. The zero-order chi connectivity index (χ0) is 15.1.